The molecule has 0 unspecified atom stereocenters. The average molecular weight is 233 g/mol. The largest absolute Gasteiger partial charge is 0.358 e. The topological polar surface area (TPSA) is 6.48 Å². The quantitative estimate of drug-likeness (QED) is 0.739. The van der Waals surface area contributed by atoms with E-state index in [-0.39, 0.29) is 17.0 Å². The molecule has 0 spiro atoms. The molecule has 0 saturated carbocycles. The van der Waals surface area contributed by atoms with Gasteiger partial charge in [0.2, 0.25) is 0 Å². The molecule has 12 heavy (non-hydrogen) atoms. The number of nitrogens with zero attached hydrogens (tertiary/aromatic N) is 2. The molecule has 3 heteroatoms. The Morgan fingerprint density at radius 2 is 2.17 bits per heavy atom. The molecule has 0 atom stereocenters. The van der Waals surface area contributed by atoms with Crippen LogP contribution in [0.15, 0.2) is 24.7 Å². The smallest absolute Gasteiger partial charge is 0.0935 e. The molecule has 1 aliphatic heterocycles. The van der Waals surface area contributed by atoms with Crippen LogP contribution in [0, 0.1) is 0 Å². The normalized spacial score (nSPS) is 15.8. The molecule has 0 N–H and O–H groups in total. The highest BCUT2D eigenvalue weighted by atomic mass is 79.9. The van der Waals surface area contributed by atoms with E-state index in [1.54, 1.807) is 0 Å². The first-order valence-electron chi connectivity index (χ1n) is 4.17. The monoisotopic (exact) mass is 232 g/mol. The fourth-order valence-corrected chi connectivity index (χ4v) is 1.20. The lowest BCUT2D eigenvalue weighted by molar-refractivity contribution is 0.315. The van der Waals surface area contributed by atoms with Crippen molar-refractivity contribution in [3.63, 3.8) is 0 Å². The molecule has 0 saturated heterocycles. The zero-order valence-corrected chi connectivity index (χ0v) is 9.45. The molecule has 0 radical (unpaired) electrons. The summed E-state index contributed by atoms with van der Waals surface area (Å²) in [6.45, 7) is 6.41. The Kier molecular flexibility index (Phi) is 5.89. The van der Waals surface area contributed by atoms with Gasteiger partial charge in [-0.3, -0.25) is 0 Å². The van der Waals surface area contributed by atoms with Crippen LogP contribution in [-0.4, -0.2) is 23.0 Å². The van der Waals surface area contributed by atoms with Gasteiger partial charge in [-0.05, 0) is 13.3 Å². The van der Waals surface area contributed by atoms with Gasteiger partial charge in [0.15, 0.2) is 0 Å². The van der Waals surface area contributed by atoms with E-state index in [0.29, 0.717) is 0 Å². The first kappa shape index (κ1) is 11.6. The highest BCUT2D eigenvalue weighted by Gasteiger charge is 2.06. The fraction of sp³-hybridized carbons (Fsp3) is 0.556. The van der Waals surface area contributed by atoms with E-state index in [9.17, 15) is 0 Å². The number of rotatable bonds is 3. The van der Waals surface area contributed by atoms with Gasteiger partial charge in [0.1, 0.15) is 0 Å². The van der Waals surface area contributed by atoms with Crippen molar-refractivity contribution in [2.75, 3.05) is 13.2 Å². The lowest BCUT2D eigenvalue weighted by atomic mass is 10.4. The van der Waals surface area contributed by atoms with Gasteiger partial charge in [0.05, 0.1) is 6.67 Å². The molecule has 2 nitrogen and oxygen atoms in total. The maximum absolute atomic E-state index is 2.31. The van der Waals surface area contributed by atoms with Crippen molar-refractivity contribution in [2.24, 2.45) is 0 Å². The molecule has 0 bridgehead atoms. The van der Waals surface area contributed by atoms with Gasteiger partial charge in [-0.25, -0.2) is 0 Å². The second-order valence-corrected chi connectivity index (χ2v) is 2.75. The highest BCUT2D eigenvalue weighted by Crippen LogP contribution is 2.06. The molecule has 1 rings (SSSR count). The summed E-state index contributed by atoms with van der Waals surface area (Å²) in [5.41, 5.74) is 0. The Balaban J connectivity index is 0.00000121. The van der Waals surface area contributed by atoms with Gasteiger partial charge < -0.3 is 9.80 Å². The first-order valence-corrected chi connectivity index (χ1v) is 4.17. The zero-order chi connectivity index (χ0) is 8.10. The Hall–Kier alpha value is -0.440. The van der Waals surface area contributed by atoms with Crippen LogP contribution in [0.1, 0.15) is 20.3 Å². The molecule has 70 valence electrons. The van der Waals surface area contributed by atoms with Crippen molar-refractivity contribution < 1.29 is 0 Å². The maximum atomic E-state index is 2.31. The molecule has 0 aromatic rings. The van der Waals surface area contributed by atoms with Gasteiger partial charge in [0, 0.05) is 25.1 Å². The zero-order valence-electron chi connectivity index (χ0n) is 7.73. The van der Waals surface area contributed by atoms with Crippen molar-refractivity contribution in [3.8, 4) is 0 Å². The van der Waals surface area contributed by atoms with E-state index in [1.807, 2.05) is 6.92 Å². The van der Waals surface area contributed by atoms with Crippen LogP contribution >= 0.6 is 17.0 Å². The third-order valence-corrected chi connectivity index (χ3v) is 1.67. The predicted octanol–water partition coefficient (Wildman–Crippen LogP) is 2.55. The molecular weight excluding hydrogens is 216 g/mol. The standard InChI is InChI=1S/C9H16N2.BrH/c1-3-5-10-7-8-11(9-10)6-4-2;/h3,5,7-8H,4,6,9H2,1-2H3;1H. The van der Waals surface area contributed by atoms with Gasteiger partial charge in [-0.2, -0.15) is 0 Å². The van der Waals surface area contributed by atoms with Crippen molar-refractivity contribution in [2.45, 2.75) is 20.3 Å². The van der Waals surface area contributed by atoms with Crippen LogP contribution in [0.4, 0.5) is 0 Å². The summed E-state index contributed by atoms with van der Waals surface area (Å²) >= 11 is 0. The average Bonchev–Trinajstić information content (AvgIpc) is 2.38. The molecule has 0 aromatic carbocycles. The summed E-state index contributed by atoms with van der Waals surface area (Å²) in [5.74, 6) is 0. The number of allylic oxidation sites excluding steroid dienone is 1. The summed E-state index contributed by atoms with van der Waals surface area (Å²) < 4.78 is 0. The van der Waals surface area contributed by atoms with Crippen LogP contribution in [0.3, 0.4) is 0 Å². The van der Waals surface area contributed by atoms with E-state index < -0.39 is 0 Å². The predicted molar refractivity (Wildman–Crippen MR) is 58.0 cm³/mol. The number of hydrogen-bond donors (Lipinski definition) is 0. The van der Waals surface area contributed by atoms with Gasteiger partial charge in [-0.15, -0.1) is 17.0 Å². The summed E-state index contributed by atoms with van der Waals surface area (Å²) in [7, 11) is 0. The molecule has 0 fully saturated rings. The van der Waals surface area contributed by atoms with Crippen LogP contribution in [0.25, 0.3) is 0 Å². The van der Waals surface area contributed by atoms with Crippen molar-refractivity contribution >= 4 is 17.0 Å². The van der Waals surface area contributed by atoms with E-state index in [2.05, 4.69) is 41.4 Å². The minimum absolute atomic E-state index is 0. The van der Waals surface area contributed by atoms with E-state index in [1.165, 1.54) is 6.42 Å². The van der Waals surface area contributed by atoms with E-state index in [0.717, 1.165) is 13.2 Å². The number of halogens is 1. The molecule has 0 amide bonds. The second kappa shape index (κ2) is 6.12. The van der Waals surface area contributed by atoms with Crippen LogP contribution < -0.4 is 0 Å². The first-order chi connectivity index (χ1) is 5.36. The van der Waals surface area contributed by atoms with Crippen LogP contribution in [-0.2, 0) is 0 Å². The summed E-state index contributed by atoms with van der Waals surface area (Å²) in [6, 6.07) is 0. The van der Waals surface area contributed by atoms with Crippen molar-refractivity contribution in [3.05, 3.63) is 24.7 Å². The molecule has 0 aliphatic carbocycles. The minimum Gasteiger partial charge on any atom is -0.358 e. The SMILES string of the molecule is Br.CC=CN1C=CN(CCC)C1. The Morgan fingerprint density at radius 3 is 2.75 bits per heavy atom. The summed E-state index contributed by atoms with van der Waals surface area (Å²) in [4.78, 5) is 4.48. The lowest BCUT2D eigenvalue weighted by Crippen LogP contribution is -2.22. The third-order valence-electron chi connectivity index (χ3n) is 1.67. The van der Waals surface area contributed by atoms with Crippen LogP contribution in [0.2, 0.25) is 0 Å². The fourth-order valence-electron chi connectivity index (χ4n) is 1.20. The number of hydrogen-bond acceptors (Lipinski definition) is 2. The molecule has 0 aromatic heterocycles. The van der Waals surface area contributed by atoms with Gasteiger partial charge in [-0.1, -0.05) is 13.0 Å². The lowest BCUT2D eigenvalue weighted by Gasteiger charge is -2.17. The second-order valence-electron chi connectivity index (χ2n) is 2.75. The van der Waals surface area contributed by atoms with Crippen molar-refractivity contribution in [1.82, 2.24) is 9.80 Å². The van der Waals surface area contributed by atoms with E-state index in [4.69, 9.17) is 0 Å². The Labute approximate surface area is 85.3 Å². The molecule has 1 aliphatic rings. The third kappa shape index (κ3) is 3.30. The summed E-state index contributed by atoms with van der Waals surface area (Å²) in [6.07, 6.45) is 9.61. The molecule has 1 heterocycles. The Morgan fingerprint density at radius 1 is 1.42 bits per heavy atom. The van der Waals surface area contributed by atoms with Crippen LogP contribution in [0.5, 0.6) is 0 Å². The summed E-state index contributed by atoms with van der Waals surface area (Å²) in [5, 5.41) is 0. The van der Waals surface area contributed by atoms with E-state index >= 15 is 0 Å². The highest BCUT2D eigenvalue weighted by molar-refractivity contribution is 8.93. The minimum atomic E-state index is 0. The maximum Gasteiger partial charge on any atom is 0.0935 e. The van der Waals surface area contributed by atoms with Gasteiger partial charge in [0.25, 0.3) is 0 Å². The molecular formula is C9H17BrN2. The Bertz CT molecular complexity index is 166. The van der Waals surface area contributed by atoms with Crippen molar-refractivity contribution in [1.29, 1.82) is 0 Å². The van der Waals surface area contributed by atoms with Gasteiger partial charge >= 0.3 is 0 Å².